The van der Waals surface area contributed by atoms with E-state index in [9.17, 15) is 5.11 Å². The lowest BCUT2D eigenvalue weighted by Gasteiger charge is -2.30. The van der Waals surface area contributed by atoms with Crippen molar-refractivity contribution in [2.75, 3.05) is 19.7 Å². The summed E-state index contributed by atoms with van der Waals surface area (Å²) < 4.78 is 5.42. The number of piperidine rings is 1. The van der Waals surface area contributed by atoms with E-state index in [1.54, 1.807) is 0 Å². The Kier molecular flexibility index (Phi) is 4.14. The molecule has 0 amide bonds. The average molecular weight is 272 g/mol. The molecule has 0 bridgehead atoms. The fraction of sp³-hybridized carbons (Fsp3) is 0.438. The molecule has 2 aromatic rings. The Labute approximate surface area is 119 Å². The lowest BCUT2D eigenvalue weighted by atomic mass is 9.99. The molecule has 1 aliphatic heterocycles. The van der Waals surface area contributed by atoms with Crippen LogP contribution in [0.25, 0.3) is 11.3 Å². The largest absolute Gasteiger partial charge is 0.396 e. The summed E-state index contributed by atoms with van der Waals surface area (Å²) in [6.07, 6.45) is 2.27. The molecular weight excluding hydrogens is 252 g/mol. The Balaban J connectivity index is 1.65. The van der Waals surface area contributed by atoms with E-state index in [1.165, 1.54) is 0 Å². The van der Waals surface area contributed by atoms with Crippen LogP contribution in [0.4, 0.5) is 0 Å². The van der Waals surface area contributed by atoms with E-state index < -0.39 is 0 Å². The van der Waals surface area contributed by atoms with E-state index in [-0.39, 0.29) is 6.61 Å². The van der Waals surface area contributed by atoms with E-state index in [0.29, 0.717) is 5.92 Å². The predicted octanol–water partition coefficient (Wildman–Crippen LogP) is 2.55. The first-order chi connectivity index (χ1) is 9.85. The second kappa shape index (κ2) is 6.20. The van der Waals surface area contributed by atoms with Crippen molar-refractivity contribution in [2.24, 2.45) is 5.92 Å². The van der Waals surface area contributed by atoms with E-state index in [0.717, 1.165) is 49.5 Å². The number of benzene rings is 1. The van der Waals surface area contributed by atoms with Gasteiger partial charge in [-0.2, -0.15) is 0 Å². The van der Waals surface area contributed by atoms with Gasteiger partial charge in [0.2, 0.25) is 0 Å². The fourth-order valence-electron chi connectivity index (χ4n) is 2.80. The highest BCUT2D eigenvalue weighted by molar-refractivity contribution is 5.56. The smallest absolute Gasteiger partial charge is 0.167 e. The van der Waals surface area contributed by atoms with Crippen molar-refractivity contribution in [2.45, 2.75) is 19.4 Å². The van der Waals surface area contributed by atoms with Crippen LogP contribution in [0.1, 0.15) is 18.5 Å². The molecular formula is C16H20N2O2. The van der Waals surface area contributed by atoms with E-state index >= 15 is 0 Å². The van der Waals surface area contributed by atoms with Gasteiger partial charge in [0.25, 0.3) is 0 Å². The summed E-state index contributed by atoms with van der Waals surface area (Å²) in [5, 5.41) is 13.4. The molecule has 0 spiro atoms. The first-order valence-corrected chi connectivity index (χ1v) is 7.19. The van der Waals surface area contributed by atoms with Crippen LogP contribution < -0.4 is 0 Å². The normalized spacial score (nSPS) is 20.1. The van der Waals surface area contributed by atoms with Gasteiger partial charge in [0.15, 0.2) is 5.76 Å². The SMILES string of the molecule is OCC1CCCN(Cc2cc(-c3ccccc3)on2)C1. The van der Waals surface area contributed by atoms with Crippen molar-refractivity contribution in [3.8, 4) is 11.3 Å². The molecule has 1 unspecified atom stereocenters. The minimum absolute atomic E-state index is 0.282. The molecule has 1 aromatic heterocycles. The third-order valence-electron chi connectivity index (χ3n) is 3.86. The summed E-state index contributed by atoms with van der Waals surface area (Å²) in [6, 6.07) is 12.0. The zero-order valence-corrected chi connectivity index (χ0v) is 11.5. The van der Waals surface area contributed by atoms with Crippen molar-refractivity contribution in [3.05, 3.63) is 42.1 Å². The zero-order chi connectivity index (χ0) is 13.8. The van der Waals surface area contributed by atoms with E-state index in [4.69, 9.17) is 4.52 Å². The highest BCUT2D eigenvalue weighted by Gasteiger charge is 2.20. The van der Waals surface area contributed by atoms with Gasteiger partial charge in [-0.05, 0) is 25.3 Å². The lowest BCUT2D eigenvalue weighted by Crippen LogP contribution is -2.36. The summed E-state index contributed by atoms with van der Waals surface area (Å²) in [7, 11) is 0. The standard InChI is InChI=1S/C16H20N2O2/c19-12-13-5-4-8-18(10-13)11-15-9-16(20-17-15)14-6-2-1-3-7-14/h1-3,6-7,9,13,19H,4-5,8,10-12H2. The molecule has 2 heterocycles. The Morgan fingerprint density at radius 3 is 2.95 bits per heavy atom. The van der Waals surface area contributed by atoms with Crippen molar-refractivity contribution in [1.82, 2.24) is 10.1 Å². The molecule has 1 fully saturated rings. The van der Waals surface area contributed by atoms with Gasteiger partial charge in [0.05, 0.1) is 5.69 Å². The average Bonchev–Trinajstić information content (AvgIpc) is 2.97. The number of nitrogens with zero attached hydrogens (tertiary/aromatic N) is 2. The summed E-state index contributed by atoms with van der Waals surface area (Å²) in [5.41, 5.74) is 2.01. The first kappa shape index (κ1) is 13.3. The molecule has 1 aliphatic rings. The number of hydrogen-bond donors (Lipinski definition) is 1. The highest BCUT2D eigenvalue weighted by atomic mass is 16.5. The minimum Gasteiger partial charge on any atom is -0.396 e. The van der Waals surface area contributed by atoms with Crippen LogP contribution in [0.5, 0.6) is 0 Å². The van der Waals surface area contributed by atoms with Gasteiger partial charge in [-0.1, -0.05) is 35.5 Å². The molecule has 3 rings (SSSR count). The molecule has 4 nitrogen and oxygen atoms in total. The van der Waals surface area contributed by atoms with E-state index in [1.807, 2.05) is 36.4 Å². The van der Waals surface area contributed by atoms with Gasteiger partial charge >= 0.3 is 0 Å². The predicted molar refractivity (Wildman–Crippen MR) is 77.0 cm³/mol. The number of hydrogen-bond acceptors (Lipinski definition) is 4. The molecule has 0 radical (unpaired) electrons. The summed E-state index contributed by atoms with van der Waals surface area (Å²) >= 11 is 0. The highest BCUT2D eigenvalue weighted by Crippen LogP contribution is 2.22. The van der Waals surface area contributed by atoms with E-state index in [2.05, 4.69) is 10.1 Å². The summed E-state index contributed by atoms with van der Waals surface area (Å²) in [6.45, 7) is 3.10. The van der Waals surface area contributed by atoms with Crippen molar-refractivity contribution >= 4 is 0 Å². The van der Waals surface area contributed by atoms with Crippen LogP contribution in [0, 0.1) is 5.92 Å². The van der Waals surface area contributed by atoms with Crippen molar-refractivity contribution in [1.29, 1.82) is 0 Å². The molecule has 1 N–H and O–H groups in total. The molecule has 1 atom stereocenters. The summed E-state index contributed by atoms with van der Waals surface area (Å²) in [5.74, 6) is 1.22. The molecule has 20 heavy (non-hydrogen) atoms. The topological polar surface area (TPSA) is 49.5 Å². The van der Waals surface area contributed by atoms with Crippen LogP contribution in [0.3, 0.4) is 0 Å². The van der Waals surface area contributed by atoms with Gasteiger partial charge < -0.3 is 9.63 Å². The minimum atomic E-state index is 0.282. The van der Waals surface area contributed by atoms with Crippen LogP contribution in [-0.4, -0.2) is 34.9 Å². The third-order valence-corrected chi connectivity index (χ3v) is 3.86. The molecule has 106 valence electrons. The number of aliphatic hydroxyl groups excluding tert-OH is 1. The molecule has 4 heteroatoms. The second-order valence-electron chi connectivity index (χ2n) is 5.47. The van der Waals surface area contributed by atoms with Crippen molar-refractivity contribution in [3.63, 3.8) is 0 Å². The lowest BCUT2D eigenvalue weighted by molar-refractivity contribution is 0.114. The van der Waals surface area contributed by atoms with Gasteiger partial charge in [-0.15, -0.1) is 0 Å². The van der Waals surface area contributed by atoms with Gasteiger partial charge in [-0.3, -0.25) is 4.90 Å². The fourth-order valence-corrected chi connectivity index (χ4v) is 2.80. The molecule has 1 saturated heterocycles. The maximum Gasteiger partial charge on any atom is 0.167 e. The van der Waals surface area contributed by atoms with Crippen LogP contribution >= 0.6 is 0 Å². The Hall–Kier alpha value is -1.65. The number of aromatic nitrogens is 1. The molecule has 1 aromatic carbocycles. The number of aliphatic hydroxyl groups is 1. The van der Waals surface area contributed by atoms with Gasteiger partial charge in [-0.25, -0.2) is 0 Å². The van der Waals surface area contributed by atoms with Crippen LogP contribution in [-0.2, 0) is 6.54 Å². The summed E-state index contributed by atoms with van der Waals surface area (Å²) in [4.78, 5) is 2.34. The first-order valence-electron chi connectivity index (χ1n) is 7.19. The molecule has 0 saturated carbocycles. The van der Waals surface area contributed by atoms with Gasteiger partial charge in [0, 0.05) is 31.3 Å². The second-order valence-corrected chi connectivity index (χ2v) is 5.47. The van der Waals surface area contributed by atoms with Crippen LogP contribution in [0.15, 0.2) is 40.9 Å². The monoisotopic (exact) mass is 272 g/mol. The quantitative estimate of drug-likeness (QED) is 0.929. The Morgan fingerprint density at radius 2 is 2.15 bits per heavy atom. The maximum absolute atomic E-state index is 9.27. The number of likely N-dealkylation sites (tertiary alicyclic amines) is 1. The Bertz CT molecular complexity index is 538. The zero-order valence-electron chi connectivity index (χ0n) is 11.5. The number of rotatable bonds is 4. The van der Waals surface area contributed by atoms with Crippen molar-refractivity contribution < 1.29 is 9.63 Å². The van der Waals surface area contributed by atoms with Gasteiger partial charge in [0.1, 0.15) is 0 Å². The third kappa shape index (κ3) is 3.08. The Morgan fingerprint density at radius 1 is 1.30 bits per heavy atom. The maximum atomic E-state index is 9.27. The molecule has 0 aliphatic carbocycles. The van der Waals surface area contributed by atoms with Crippen LogP contribution in [0.2, 0.25) is 0 Å².